The Balaban J connectivity index is 2.06. The molecule has 0 radical (unpaired) electrons. The second-order valence-electron chi connectivity index (χ2n) is 9.86. The largest absolute Gasteiger partial charge is 0.411 e. The van der Waals surface area contributed by atoms with Crippen LogP contribution in [0.4, 0.5) is 0 Å². The van der Waals surface area contributed by atoms with Crippen molar-refractivity contribution in [2.24, 2.45) is 23.7 Å². The lowest BCUT2D eigenvalue weighted by atomic mass is 9.80. The first-order valence-corrected chi connectivity index (χ1v) is 13.4. The Morgan fingerprint density at radius 3 is 2.48 bits per heavy atom. The third-order valence-electron chi connectivity index (χ3n) is 7.02. The first-order valence-electron chi connectivity index (χ1n) is 10.5. The molecule has 0 aromatic carbocycles. The second kappa shape index (κ2) is 8.40. The average Bonchev–Trinajstić information content (AvgIpc) is 3.11. The quantitative estimate of drug-likeness (QED) is 0.274. The van der Waals surface area contributed by atoms with E-state index in [4.69, 9.17) is 4.43 Å². The molecule has 1 unspecified atom stereocenters. The fraction of sp³-hybridized carbons (Fsp3) is 0.864. The lowest BCUT2D eigenvalue weighted by molar-refractivity contribution is 0.209. The number of nitriles is 1. The molecule has 2 bridgehead atoms. The number of allylic oxidation sites excluding steroid dienone is 1. The zero-order valence-electron chi connectivity index (χ0n) is 17.3. The number of unbranched alkanes of at least 4 members (excludes halogenated alkanes) is 2. The van der Waals surface area contributed by atoms with Gasteiger partial charge in [-0.2, -0.15) is 5.26 Å². The van der Waals surface area contributed by atoms with E-state index < -0.39 is 8.32 Å². The molecule has 0 amide bonds. The van der Waals surface area contributed by atoms with E-state index in [-0.39, 0.29) is 17.1 Å². The fourth-order valence-corrected chi connectivity index (χ4v) is 5.71. The molecule has 0 aromatic rings. The van der Waals surface area contributed by atoms with E-state index in [1.165, 1.54) is 38.5 Å². The van der Waals surface area contributed by atoms with Crippen molar-refractivity contribution in [1.82, 2.24) is 0 Å². The van der Waals surface area contributed by atoms with E-state index in [1.807, 2.05) is 0 Å². The van der Waals surface area contributed by atoms with Crippen molar-refractivity contribution in [3.8, 4) is 6.07 Å². The minimum absolute atomic E-state index is 0.228. The Bertz CT molecular complexity index is 499. The van der Waals surface area contributed by atoms with Gasteiger partial charge in [0.2, 0.25) is 0 Å². The van der Waals surface area contributed by atoms with Crippen LogP contribution in [0, 0.1) is 35.0 Å². The van der Waals surface area contributed by atoms with Crippen molar-refractivity contribution in [2.45, 2.75) is 96.9 Å². The van der Waals surface area contributed by atoms with E-state index in [9.17, 15) is 5.26 Å². The van der Waals surface area contributed by atoms with Gasteiger partial charge in [0.25, 0.3) is 0 Å². The summed E-state index contributed by atoms with van der Waals surface area (Å²) in [5.41, 5.74) is 0. The molecule has 25 heavy (non-hydrogen) atoms. The van der Waals surface area contributed by atoms with E-state index in [0.29, 0.717) is 11.8 Å². The topological polar surface area (TPSA) is 33.0 Å². The monoisotopic (exact) mass is 361 g/mol. The van der Waals surface area contributed by atoms with Crippen molar-refractivity contribution in [2.75, 3.05) is 0 Å². The highest BCUT2D eigenvalue weighted by Gasteiger charge is 2.46. The molecular formula is C22H39NOSi. The summed E-state index contributed by atoms with van der Waals surface area (Å²) in [5, 5.41) is 9.82. The van der Waals surface area contributed by atoms with Gasteiger partial charge in [-0.25, -0.2) is 0 Å². The highest BCUT2D eigenvalue weighted by molar-refractivity contribution is 6.74. The summed E-state index contributed by atoms with van der Waals surface area (Å²) < 4.78 is 6.73. The van der Waals surface area contributed by atoms with Gasteiger partial charge in [0, 0.05) is 0 Å². The van der Waals surface area contributed by atoms with Crippen molar-refractivity contribution in [3.05, 3.63) is 12.2 Å². The van der Waals surface area contributed by atoms with Crippen LogP contribution in [0.3, 0.4) is 0 Å². The molecule has 0 heterocycles. The Hall–Kier alpha value is -0.593. The molecule has 2 aliphatic rings. The maximum Gasteiger partial charge on any atom is 0.192 e. The Labute approximate surface area is 157 Å². The third kappa shape index (κ3) is 4.98. The van der Waals surface area contributed by atoms with Gasteiger partial charge in [0.15, 0.2) is 8.32 Å². The molecule has 0 N–H and O–H groups in total. The minimum Gasteiger partial charge on any atom is -0.411 e. The smallest absolute Gasteiger partial charge is 0.192 e. The highest BCUT2D eigenvalue weighted by atomic mass is 28.4. The third-order valence-corrected chi connectivity index (χ3v) is 11.5. The van der Waals surface area contributed by atoms with Crippen LogP contribution in [-0.4, -0.2) is 14.4 Å². The molecule has 3 heteroatoms. The molecule has 2 rings (SSSR count). The van der Waals surface area contributed by atoms with Gasteiger partial charge in [-0.15, -0.1) is 0 Å². The first-order chi connectivity index (χ1) is 11.7. The Kier molecular flexibility index (Phi) is 6.96. The number of rotatable bonds is 8. The molecule has 0 aliphatic heterocycles. The van der Waals surface area contributed by atoms with Crippen LogP contribution in [0.1, 0.15) is 72.6 Å². The number of fused-ring (bicyclic) bond motifs is 2. The van der Waals surface area contributed by atoms with Crippen LogP contribution < -0.4 is 0 Å². The lowest BCUT2D eigenvalue weighted by Gasteiger charge is -2.39. The fourth-order valence-electron chi connectivity index (χ4n) is 4.40. The van der Waals surface area contributed by atoms with E-state index >= 15 is 0 Å². The molecule has 0 aromatic heterocycles. The van der Waals surface area contributed by atoms with Crippen LogP contribution in [0.2, 0.25) is 18.1 Å². The molecule has 5 atom stereocenters. The van der Waals surface area contributed by atoms with Gasteiger partial charge < -0.3 is 4.43 Å². The molecule has 2 aliphatic carbocycles. The van der Waals surface area contributed by atoms with Crippen molar-refractivity contribution < 1.29 is 4.43 Å². The molecule has 0 spiro atoms. The van der Waals surface area contributed by atoms with Crippen LogP contribution in [0.15, 0.2) is 12.2 Å². The molecular weight excluding hydrogens is 322 g/mol. The minimum atomic E-state index is -1.76. The summed E-state index contributed by atoms with van der Waals surface area (Å²) in [5.74, 6) is 2.12. The van der Waals surface area contributed by atoms with Gasteiger partial charge in [-0.1, -0.05) is 59.1 Å². The zero-order chi connectivity index (χ0) is 18.7. The predicted molar refractivity (Wildman–Crippen MR) is 109 cm³/mol. The normalized spacial score (nSPS) is 30.8. The van der Waals surface area contributed by atoms with Gasteiger partial charge in [-0.05, 0) is 61.6 Å². The number of hydrogen-bond donors (Lipinski definition) is 0. The maximum absolute atomic E-state index is 9.58. The molecule has 0 saturated heterocycles. The molecule has 142 valence electrons. The average molecular weight is 362 g/mol. The Morgan fingerprint density at radius 2 is 1.88 bits per heavy atom. The van der Waals surface area contributed by atoms with E-state index in [0.717, 1.165) is 12.3 Å². The van der Waals surface area contributed by atoms with Crippen LogP contribution in [0.5, 0.6) is 0 Å². The van der Waals surface area contributed by atoms with E-state index in [1.54, 1.807) is 0 Å². The lowest BCUT2D eigenvalue weighted by Crippen LogP contribution is -2.43. The standard InChI is InChI=1S/C22H39NOSi/c1-7-8-9-10-19(24-25(5,6)22(2,3)4)13-14-20-17-11-12-18(15-17)21(20)16-23/h13-14,17-21H,7-12,15H2,1-6H3/b14-13+/t17-,18+,19+,20?,21-/m1/s1. The summed E-state index contributed by atoms with van der Waals surface area (Å²) in [4.78, 5) is 0. The number of hydrogen-bond acceptors (Lipinski definition) is 2. The predicted octanol–water partition coefficient (Wildman–Crippen LogP) is 6.70. The Morgan fingerprint density at radius 1 is 1.20 bits per heavy atom. The first kappa shape index (κ1) is 20.7. The summed E-state index contributed by atoms with van der Waals surface area (Å²) in [6.07, 6.45) is 13.7. The molecule has 2 saturated carbocycles. The SMILES string of the molecule is CCCCC[C@@H](/C=C/C1[C@@H]2CC[C@@H](C2)[C@H]1C#N)O[Si](C)(C)C(C)(C)C. The summed E-state index contributed by atoms with van der Waals surface area (Å²) >= 11 is 0. The van der Waals surface area contributed by atoms with Crippen LogP contribution in [-0.2, 0) is 4.43 Å². The summed E-state index contributed by atoms with van der Waals surface area (Å²) in [7, 11) is -1.76. The van der Waals surface area contributed by atoms with Crippen molar-refractivity contribution >= 4 is 8.32 Å². The second-order valence-corrected chi connectivity index (χ2v) is 14.6. The van der Waals surface area contributed by atoms with Crippen molar-refractivity contribution in [3.63, 3.8) is 0 Å². The van der Waals surface area contributed by atoms with Gasteiger partial charge in [0.05, 0.1) is 18.1 Å². The van der Waals surface area contributed by atoms with Gasteiger partial charge >= 0.3 is 0 Å². The maximum atomic E-state index is 9.58. The van der Waals surface area contributed by atoms with Gasteiger partial charge in [0.1, 0.15) is 0 Å². The molecule has 2 nitrogen and oxygen atoms in total. The summed E-state index contributed by atoms with van der Waals surface area (Å²) in [6.45, 7) is 13.9. The zero-order valence-corrected chi connectivity index (χ0v) is 18.3. The van der Waals surface area contributed by atoms with Crippen molar-refractivity contribution in [1.29, 1.82) is 5.26 Å². The van der Waals surface area contributed by atoms with Gasteiger partial charge in [-0.3, -0.25) is 0 Å². The summed E-state index contributed by atoms with van der Waals surface area (Å²) in [6, 6.07) is 2.61. The number of nitrogens with zero attached hydrogens (tertiary/aromatic N) is 1. The van der Waals surface area contributed by atoms with Crippen LogP contribution >= 0.6 is 0 Å². The van der Waals surface area contributed by atoms with Crippen LogP contribution in [0.25, 0.3) is 0 Å². The molecule has 2 fully saturated rings. The van der Waals surface area contributed by atoms with E-state index in [2.05, 4.69) is 59.0 Å². The highest BCUT2D eigenvalue weighted by Crippen LogP contribution is 2.52.